The van der Waals surface area contributed by atoms with E-state index in [1.165, 1.54) is 21.8 Å². The predicted octanol–water partition coefficient (Wildman–Crippen LogP) is 2.10. The molecule has 0 spiro atoms. The van der Waals surface area contributed by atoms with Crippen LogP contribution < -0.4 is 10.7 Å². The summed E-state index contributed by atoms with van der Waals surface area (Å²) in [7, 11) is 0. The summed E-state index contributed by atoms with van der Waals surface area (Å²) in [5, 5.41) is 3.15. The van der Waals surface area contributed by atoms with Gasteiger partial charge in [0.2, 0.25) is 5.91 Å². The summed E-state index contributed by atoms with van der Waals surface area (Å²) in [6, 6.07) is 1.35. The molecule has 0 saturated carbocycles. The number of fused-ring (bicyclic) bond motifs is 1. The third-order valence-electron chi connectivity index (χ3n) is 4.56. The normalized spacial score (nSPS) is 21.2. The van der Waals surface area contributed by atoms with Crippen LogP contribution in [-0.4, -0.2) is 29.4 Å². The van der Waals surface area contributed by atoms with Gasteiger partial charge in [-0.1, -0.05) is 20.8 Å². The van der Waals surface area contributed by atoms with Crippen molar-refractivity contribution in [2.24, 2.45) is 11.3 Å². The summed E-state index contributed by atoms with van der Waals surface area (Å²) in [5.74, 6) is -0.127. The molecule has 1 fully saturated rings. The molecule has 23 heavy (non-hydrogen) atoms. The molecule has 1 aliphatic carbocycles. The van der Waals surface area contributed by atoms with E-state index in [1.54, 1.807) is 0 Å². The van der Waals surface area contributed by atoms with E-state index in [1.807, 2.05) is 6.07 Å². The molecule has 3 rings (SSSR count). The fraction of sp³-hybridized carbons (Fsp3) is 0.562. The van der Waals surface area contributed by atoms with Gasteiger partial charge in [-0.15, -0.1) is 11.3 Å². The Hall–Kier alpha value is -1.89. The Bertz CT molecular complexity index is 675. The topological polar surface area (TPSA) is 78.5 Å². The number of carbonyl (C=O) groups is 3. The summed E-state index contributed by atoms with van der Waals surface area (Å²) in [6.45, 7) is 6.63. The lowest BCUT2D eigenvalue weighted by atomic mass is 9.72. The van der Waals surface area contributed by atoms with Crippen LogP contribution in [0.3, 0.4) is 0 Å². The van der Waals surface area contributed by atoms with Gasteiger partial charge < -0.3 is 0 Å². The maximum atomic E-state index is 12.3. The summed E-state index contributed by atoms with van der Waals surface area (Å²) in [6.07, 6.45) is 3.13. The summed E-state index contributed by atoms with van der Waals surface area (Å²) in [4.78, 5) is 36.8. The quantitative estimate of drug-likeness (QED) is 0.813. The van der Waals surface area contributed by atoms with E-state index in [0.29, 0.717) is 10.8 Å². The van der Waals surface area contributed by atoms with E-state index >= 15 is 0 Å². The van der Waals surface area contributed by atoms with Crippen molar-refractivity contribution in [3.8, 4) is 0 Å². The summed E-state index contributed by atoms with van der Waals surface area (Å²) >= 11 is 1.49. The fourth-order valence-corrected chi connectivity index (χ4v) is 4.18. The first-order valence-electron chi connectivity index (χ1n) is 7.78. The monoisotopic (exact) mass is 335 g/mol. The van der Waals surface area contributed by atoms with Crippen LogP contribution in [-0.2, 0) is 17.6 Å². The summed E-state index contributed by atoms with van der Waals surface area (Å²) in [5.41, 5.74) is 4.00. The van der Waals surface area contributed by atoms with Gasteiger partial charge in [0, 0.05) is 4.88 Å². The van der Waals surface area contributed by atoms with Crippen LogP contribution in [0, 0.1) is 11.3 Å². The lowest BCUT2D eigenvalue weighted by molar-refractivity contribution is -0.118. The number of carbonyl (C=O) groups excluding carboxylic acids is 3. The zero-order valence-corrected chi connectivity index (χ0v) is 14.4. The van der Waals surface area contributed by atoms with Gasteiger partial charge in [-0.2, -0.15) is 0 Å². The first-order valence-corrected chi connectivity index (χ1v) is 8.59. The second-order valence-electron chi connectivity index (χ2n) is 7.25. The van der Waals surface area contributed by atoms with Crippen molar-refractivity contribution < 1.29 is 14.4 Å². The minimum absolute atomic E-state index is 0.137. The molecule has 124 valence electrons. The zero-order valence-electron chi connectivity index (χ0n) is 13.6. The maximum Gasteiger partial charge on any atom is 0.343 e. The zero-order chi connectivity index (χ0) is 16.8. The Balaban J connectivity index is 1.71. The number of thiophene rings is 1. The molecule has 4 amide bonds. The van der Waals surface area contributed by atoms with Crippen LogP contribution in [0.15, 0.2) is 6.07 Å². The van der Waals surface area contributed by atoms with Crippen LogP contribution in [0.4, 0.5) is 4.79 Å². The molecule has 0 bridgehead atoms. The molecule has 6 nitrogen and oxygen atoms in total. The highest BCUT2D eigenvalue weighted by molar-refractivity contribution is 7.14. The van der Waals surface area contributed by atoms with Crippen molar-refractivity contribution in [2.45, 2.75) is 40.0 Å². The van der Waals surface area contributed by atoms with E-state index in [9.17, 15) is 14.4 Å². The Kier molecular flexibility index (Phi) is 3.91. The van der Waals surface area contributed by atoms with Crippen LogP contribution in [0.25, 0.3) is 0 Å². The Morgan fingerprint density at radius 1 is 1.39 bits per heavy atom. The number of nitrogens with one attached hydrogen (secondary N) is 2. The largest absolute Gasteiger partial charge is 0.343 e. The molecule has 0 aromatic carbocycles. The van der Waals surface area contributed by atoms with Gasteiger partial charge in [0.25, 0.3) is 5.91 Å². The SMILES string of the molecule is CC(C)(C)C1CCc2sc(C(=O)NN3CC(=O)NC3=O)cc2C1. The van der Waals surface area contributed by atoms with Gasteiger partial charge in [0.05, 0.1) is 4.88 Å². The van der Waals surface area contributed by atoms with E-state index in [-0.39, 0.29) is 17.9 Å². The first-order chi connectivity index (χ1) is 10.7. The maximum absolute atomic E-state index is 12.3. The van der Waals surface area contributed by atoms with Gasteiger partial charge in [0.15, 0.2) is 0 Å². The number of urea groups is 1. The molecular formula is C16H21N3O3S. The minimum Gasteiger partial charge on any atom is -0.275 e. The van der Waals surface area contributed by atoms with E-state index in [0.717, 1.165) is 24.3 Å². The molecule has 1 atom stereocenters. The van der Waals surface area contributed by atoms with Crippen molar-refractivity contribution in [3.63, 3.8) is 0 Å². The second-order valence-corrected chi connectivity index (χ2v) is 8.38. The number of imide groups is 1. The highest BCUT2D eigenvalue weighted by Crippen LogP contribution is 2.40. The molecule has 2 N–H and O–H groups in total. The van der Waals surface area contributed by atoms with Crippen LogP contribution in [0.5, 0.6) is 0 Å². The minimum atomic E-state index is -0.586. The van der Waals surface area contributed by atoms with Crippen LogP contribution in [0.1, 0.15) is 47.3 Å². The Morgan fingerprint density at radius 2 is 2.13 bits per heavy atom. The van der Waals surface area contributed by atoms with Crippen LogP contribution >= 0.6 is 11.3 Å². The fourth-order valence-electron chi connectivity index (χ4n) is 3.08. The molecule has 1 aliphatic heterocycles. The van der Waals surface area contributed by atoms with E-state index in [4.69, 9.17) is 0 Å². The number of hydrogen-bond acceptors (Lipinski definition) is 4. The molecule has 1 unspecified atom stereocenters. The molecular weight excluding hydrogens is 314 g/mol. The van der Waals surface area contributed by atoms with E-state index in [2.05, 4.69) is 31.5 Å². The molecule has 0 radical (unpaired) electrons. The van der Waals surface area contributed by atoms with E-state index < -0.39 is 11.9 Å². The molecule has 2 aliphatic rings. The van der Waals surface area contributed by atoms with Crippen molar-refractivity contribution in [2.75, 3.05) is 6.54 Å². The highest BCUT2D eigenvalue weighted by atomic mass is 32.1. The average Bonchev–Trinajstić information content (AvgIpc) is 3.00. The Morgan fingerprint density at radius 3 is 2.74 bits per heavy atom. The lowest BCUT2D eigenvalue weighted by Gasteiger charge is -2.33. The van der Waals surface area contributed by atoms with Gasteiger partial charge in [-0.25, -0.2) is 9.80 Å². The molecule has 7 heteroatoms. The molecule has 2 heterocycles. The third kappa shape index (κ3) is 3.24. The van der Waals surface area contributed by atoms with Crippen molar-refractivity contribution >= 4 is 29.2 Å². The average molecular weight is 335 g/mol. The number of hydrazine groups is 1. The first kappa shape index (κ1) is 16.0. The van der Waals surface area contributed by atoms with Gasteiger partial charge in [-0.05, 0) is 42.2 Å². The number of rotatable bonds is 2. The molecule has 1 saturated heterocycles. The number of nitrogens with zero attached hydrogens (tertiary/aromatic N) is 1. The highest BCUT2D eigenvalue weighted by Gasteiger charge is 2.32. The van der Waals surface area contributed by atoms with Gasteiger partial charge >= 0.3 is 6.03 Å². The molecule has 1 aromatic heterocycles. The van der Waals surface area contributed by atoms with Gasteiger partial charge in [-0.3, -0.25) is 20.3 Å². The predicted molar refractivity (Wildman–Crippen MR) is 87.0 cm³/mol. The second kappa shape index (κ2) is 5.63. The summed E-state index contributed by atoms with van der Waals surface area (Å²) < 4.78 is 0. The number of aryl methyl sites for hydroxylation is 1. The molecule has 1 aromatic rings. The number of hydrogen-bond donors (Lipinski definition) is 2. The Labute approximate surface area is 139 Å². The standard InChI is InChI=1S/C16H21N3O3S/c1-16(2,3)10-4-5-11-9(6-10)7-12(23-11)14(21)18-19-8-13(20)17-15(19)22/h7,10H,4-6,8H2,1-3H3,(H,18,21)(H,17,20,22). The third-order valence-corrected chi connectivity index (χ3v) is 5.80. The van der Waals surface area contributed by atoms with Crippen molar-refractivity contribution in [3.05, 3.63) is 21.4 Å². The van der Waals surface area contributed by atoms with Crippen molar-refractivity contribution in [1.29, 1.82) is 0 Å². The van der Waals surface area contributed by atoms with Crippen molar-refractivity contribution in [1.82, 2.24) is 15.8 Å². The van der Waals surface area contributed by atoms with Gasteiger partial charge in [0.1, 0.15) is 6.54 Å². The van der Waals surface area contributed by atoms with Crippen LogP contribution in [0.2, 0.25) is 0 Å². The number of amides is 4. The lowest BCUT2D eigenvalue weighted by Crippen LogP contribution is -2.43. The smallest absolute Gasteiger partial charge is 0.275 e.